The molecule has 0 aromatic heterocycles. The smallest absolute Gasteiger partial charge is 0.411 e. The lowest BCUT2D eigenvalue weighted by atomic mass is 10.1. The molecule has 1 amide bonds. The quantitative estimate of drug-likeness (QED) is 0.802. The molecule has 0 bridgehead atoms. The van der Waals surface area contributed by atoms with Crippen molar-refractivity contribution in [1.82, 2.24) is 5.32 Å². The van der Waals surface area contributed by atoms with Crippen LogP contribution in [-0.4, -0.2) is 30.5 Å². The van der Waals surface area contributed by atoms with E-state index in [0.29, 0.717) is 23.6 Å². The first-order valence-electron chi connectivity index (χ1n) is 8.29. The van der Waals surface area contributed by atoms with Crippen LogP contribution >= 0.6 is 11.8 Å². The Morgan fingerprint density at radius 3 is 2.59 bits per heavy atom. The number of alkyl halides is 3. The van der Waals surface area contributed by atoms with Gasteiger partial charge in [-0.3, -0.25) is 4.79 Å². The van der Waals surface area contributed by atoms with E-state index in [1.165, 1.54) is 0 Å². The Balaban J connectivity index is 1.45. The molecule has 1 heterocycles. The van der Waals surface area contributed by atoms with E-state index in [9.17, 15) is 18.0 Å². The lowest BCUT2D eigenvalue weighted by Crippen LogP contribution is -2.41. The monoisotopic (exact) mass is 397 g/mol. The van der Waals surface area contributed by atoms with E-state index in [1.807, 2.05) is 24.3 Å². The molecule has 144 valence electrons. The van der Waals surface area contributed by atoms with Gasteiger partial charge < -0.3 is 14.8 Å². The van der Waals surface area contributed by atoms with Gasteiger partial charge in [0.1, 0.15) is 12.4 Å². The first-order chi connectivity index (χ1) is 12.9. The van der Waals surface area contributed by atoms with Crippen LogP contribution in [0.4, 0.5) is 13.2 Å². The van der Waals surface area contributed by atoms with Crippen molar-refractivity contribution < 1.29 is 27.4 Å². The molecule has 1 N–H and O–H groups in total. The number of halogens is 3. The van der Waals surface area contributed by atoms with E-state index in [4.69, 9.17) is 4.74 Å². The fourth-order valence-corrected chi connectivity index (χ4v) is 3.47. The van der Waals surface area contributed by atoms with E-state index in [1.54, 1.807) is 36.0 Å². The number of amides is 1. The van der Waals surface area contributed by atoms with Crippen molar-refractivity contribution in [2.75, 3.05) is 12.4 Å². The first kappa shape index (κ1) is 19.6. The van der Waals surface area contributed by atoms with E-state index < -0.39 is 18.9 Å². The van der Waals surface area contributed by atoms with Crippen LogP contribution in [0.1, 0.15) is 11.1 Å². The Hall–Kier alpha value is -2.19. The summed E-state index contributed by atoms with van der Waals surface area (Å²) < 4.78 is 46.5. The standard InChI is InChI=1S/C19H18F3NO3S/c20-19(21,22)12-25-10-14-7-5-13(6-8-14)9-23-18(24)16-11-27-17-4-2-1-3-15(17)26-16/h1-8,16H,9-12H2,(H,23,24)/t16-/m0/s1. The highest BCUT2D eigenvalue weighted by Gasteiger charge is 2.27. The molecule has 0 aliphatic carbocycles. The maximum atomic E-state index is 12.3. The highest BCUT2D eigenvalue weighted by molar-refractivity contribution is 7.99. The largest absolute Gasteiger partial charge is 0.479 e. The first-order valence-corrected chi connectivity index (χ1v) is 9.28. The van der Waals surface area contributed by atoms with Gasteiger partial charge in [0.15, 0.2) is 6.10 Å². The zero-order valence-corrected chi connectivity index (χ0v) is 15.1. The van der Waals surface area contributed by atoms with Crippen LogP contribution in [0, 0.1) is 0 Å². The Morgan fingerprint density at radius 2 is 1.85 bits per heavy atom. The highest BCUT2D eigenvalue weighted by atomic mass is 32.2. The van der Waals surface area contributed by atoms with Gasteiger partial charge in [-0.25, -0.2) is 0 Å². The van der Waals surface area contributed by atoms with E-state index >= 15 is 0 Å². The van der Waals surface area contributed by atoms with Crippen LogP contribution in [0.5, 0.6) is 5.75 Å². The number of nitrogens with one attached hydrogen (secondary N) is 1. The molecule has 8 heteroatoms. The van der Waals surface area contributed by atoms with Gasteiger partial charge >= 0.3 is 6.18 Å². The predicted octanol–water partition coefficient (Wildman–Crippen LogP) is 3.94. The molecule has 2 aromatic carbocycles. The molecule has 3 rings (SSSR count). The maximum absolute atomic E-state index is 12.3. The Kier molecular flexibility index (Phi) is 6.28. The molecule has 1 aliphatic heterocycles. The third-order valence-electron chi connectivity index (χ3n) is 3.83. The molecule has 1 aliphatic rings. The summed E-state index contributed by atoms with van der Waals surface area (Å²) in [6.45, 7) is -1.07. The molecular formula is C19H18F3NO3S. The number of benzene rings is 2. The van der Waals surface area contributed by atoms with Crippen molar-refractivity contribution in [3.63, 3.8) is 0 Å². The third kappa shape index (κ3) is 5.90. The topological polar surface area (TPSA) is 47.6 Å². The molecule has 0 saturated heterocycles. The number of fused-ring (bicyclic) bond motifs is 1. The number of rotatable bonds is 6. The van der Waals surface area contributed by atoms with Gasteiger partial charge in [-0.1, -0.05) is 36.4 Å². The number of carbonyl (C=O) groups is 1. The number of carbonyl (C=O) groups excluding carboxylic acids is 1. The van der Waals surface area contributed by atoms with Crippen LogP contribution in [0.15, 0.2) is 53.4 Å². The minimum absolute atomic E-state index is 0.112. The molecule has 0 saturated carbocycles. The second kappa shape index (κ2) is 8.67. The van der Waals surface area contributed by atoms with Gasteiger partial charge in [0.25, 0.3) is 5.91 Å². The number of hydrogen-bond acceptors (Lipinski definition) is 4. The molecular weight excluding hydrogens is 379 g/mol. The second-order valence-electron chi connectivity index (χ2n) is 6.01. The van der Waals surface area contributed by atoms with Crippen molar-refractivity contribution in [3.05, 3.63) is 59.7 Å². The van der Waals surface area contributed by atoms with Crippen LogP contribution in [0.25, 0.3) is 0 Å². The lowest BCUT2D eigenvalue weighted by molar-refractivity contribution is -0.176. The van der Waals surface area contributed by atoms with E-state index in [2.05, 4.69) is 10.1 Å². The zero-order valence-electron chi connectivity index (χ0n) is 14.3. The normalized spacial score (nSPS) is 16.3. The summed E-state index contributed by atoms with van der Waals surface area (Å²) in [5.41, 5.74) is 1.48. The van der Waals surface area contributed by atoms with Gasteiger partial charge in [0.05, 0.1) is 6.61 Å². The van der Waals surface area contributed by atoms with Crippen LogP contribution in [-0.2, 0) is 22.7 Å². The third-order valence-corrected chi connectivity index (χ3v) is 4.94. The number of thioether (sulfide) groups is 1. The fraction of sp³-hybridized carbons (Fsp3) is 0.316. The highest BCUT2D eigenvalue weighted by Crippen LogP contribution is 2.34. The van der Waals surface area contributed by atoms with Gasteiger partial charge in [-0.2, -0.15) is 13.2 Å². The maximum Gasteiger partial charge on any atom is 0.411 e. The molecule has 0 unspecified atom stereocenters. The van der Waals surface area contributed by atoms with Crippen LogP contribution in [0.2, 0.25) is 0 Å². The second-order valence-corrected chi connectivity index (χ2v) is 7.07. The minimum atomic E-state index is -4.33. The number of para-hydroxylation sites is 1. The van der Waals surface area contributed by atoms with Crippen LogP contribution in [0.3, 0.4) is 0 Å². The molecule has 0 spiro atoms. The van der Waals surface area contributed by atoms with Crippen molar-refractivity contribution in [2.24, 2.45) is 0 Å². The SMILES string of the molecule is O=C(NCc1ccc(COCC(F)(F)F)cc1)[C@@H]1CSc2ccccc2O1. The van der Waals surface area contributed by atoms with Gasteiger partial charge in [-0.15, -0.1) is 11.8 Å². The summed E-state index contributed by atoms with van der Waals surface area (Å²) in [7, 11) is 0. The van der Waals surface area contributed by atoms with Gasteiger partial charge in [0.2, 0.25) is 0 Å². The Labute approximate surface area is 159 Å². The number of hydrogen-bond donors (Lipinski definition) is 1. The zero-order chi connectivity index (χ0) is 19.3. The average molecular weight is 397 g/mol. The summed E-state index contributed by atoms with van der Waals surface area (Å²) in [6.07, 6.45) is -4.88. The molecule has 1 atom stereocenters. The molecule has 2 aromatic rings. The minimum Gasteiger partial charge on any atom is -0.479 e. The summed E-state index contributed by atoms with van der Waals surface area (Å²) in [6, 6.07) is 14.4. The van der Waals surface area contributed by atoms with Crippen molar-refractivity contribution in [2.45, 2.75) is 30.3 Å². The molecule has 4 nitrogen and oxygen atoms in total. The van der Waals surface area contributed by atoms with E-state index in [-0.39, 0.29) is 12.5 Å². The fourth-order valence-electron chi connectivity index (χ4n) is 2.49. The van der Waals surface area contributed by atoms with Crippen LogP contribution < -0.4 is 10.1 Å². The van der Waals surface area contributed by atoms with Gasteiger partial charge in [-0.05, 0) is 23.3 Å². The summed E-state index contributed by atoms with van der Waals surface area (Å²) in [5.74, 6) is 1.05. The summed E-state index contributed by atoms with van der Waals surface area (Å²) >= 11 is 1.58. The molecule has 0 radical (unpaired) electrons. The van der Waals surface area contributed by atoms with Crippen molar-refractivity contribution >= 4 is 17.7 Å². The number of ether oxygens (including phenoxy) is 2. The van der Waals surface area contributed by atoms with Crippen molar-refractivity contribution in [1.29, 1.82) is 0 Å². The van der Waals surface area contributed by atoms with E-state index in [0.717, 1.165) is 10.5 Å². The predicted molar refractivity (Wildman–Crippen MR) is 95.6 cm³/mol. The lowest BCUT2D eigenvalue weighted by Gasteiger charge is -2.24. The molecule has 0 fully saturated rings. The Bertz CT molecular complexity index is 781. The summed E-state index contributed by atoms with van der Waals surface area (Å²) in [4.78, 5) is 13.3. The summed E-state index contributed by atoms with van der Waals surface area (Å²) in [5, 5.41) is 2.82. The van der Waals surface area contributed by atoms with Gasteiger partial charge in [0, 0.05) is 17.2 Å². The average Bonchev–Trinajstić information content (AvgIpc) is 2.65. The Morgan fingerprint density at radius 1 is 1.15 bits per heavy atom. The van der Waals surface area contributed by atoms with Crippen molar-refractivity contribution in [3.8, 4) is 5.75 Å². The molecule has 27 heavy (non-hydrogen) atoms.